The van der Waals surface area contributed by atoms with Crippen molar-refractivity contribution in [2.45, 2.75) is 33.8 Å². The summed E-state index contributed by atoms with van der Waals surface area (Å²) in [6.45, 7) is 6.18. The molecule has 0 saturated carbocycles. The number of H-pyrrole nitrogens is 1. The number of benzene rings is 1. The second-order valence-corrected chi connectivity index (χ2v) is 6.24. The van der Waals surface area contributed by atoms with Crippen molar-refractivity contribution in [3.8, 4) is 5.75 Å². The quantitative estimate of drug-likeness (QED) is 0.334. The van der Waals surface area contributed by atoms with Crippen LogP contribution in [0.2, 0.25) is 0 Å². The number of methoxy groups -OCH3 is 1. The first-order valence-corrected chi connectivity index (χ1v) is 8.36. The zero-order chi connectivity index (χ0) is 21.2. The fraction of sp³-hybridized carbons (Fsp3) is 0.316. The summed E-state index contributed by atoms with van der Waals surface area (Å²) in [6, 6.07) is 3.57. The van der Waals surface area contributed by atoms with E-state index in [1.807, 2.05) is 0 Å². The Morgan fingerprint density at radius 3 is 2.36 bits per heavy atom. The lowest BCUT2D eigenvalue weighted by Gasteiger charge is -2.14. The van der Waals surface area contributed by atoms with Crippen molar-refractivity contribution in [2.24, 2.45) is 0 Å². The minimum atomic E-state index is -1.07. The number of aromatic amines is 1. The monoisotopic (exact) mass is 388 g/mol. The number of ether oxygens (including phenoxy) is 2. The fourth-order valence-electron chi connectivity index (χ4n) is 2.98. The first kappa shape index (κ1) is 20.8. The molecule has 1 atom stereocenters. The molecule has 0 aliphatic rings. The second kappa shape index (κ2) is 8.03. The summed E-state index contributed by atoms with van der Waals surface area (Å²) in [5, 5.41) is 11.3. The van der Waals surface area contributed by atoms with Gasteiger partial charge in [0.05, 0.1) is 23.3 Å². The van der Waals surface area contributed by atoms with E-state index in [2.05, 4.69) is 9.72 Å². The van der Waals surface area contributed by atoms with Crippen LogP contribution in [0.1, 0.15) is 56.3 Å². The van der Waals surface area contributed by atoms with Crippen LogP contribution in [0.25, 0.3) is 0 Å². The van der Waals surface area contributed by atoms with Crippen molar-refractivity contribution in [3.05, 3.63) is 56.4 Å². The predicted molar refractivity (Wildman–Crippen MR) is 99.1 cm³/mol. The number of esters is 1. The van der Waals surface area contributed by atoms with Gasteiger partial charge in [-0.25, -0.2) is 4.79 Å². The Morgan fingerprint density at radius 2 is 1.86 bits per heavy atom. The smallest absolute Gasteiger partial charge is 0.338 e. The summed E-state index contributed by atoms with van der Waals surface area (Å²) in [4.78, 5) is 49.6. The summed E-state index contributed by atoms with van der Waals surface area (Å²) in [6.07, 6.45) is -1.07. The van der Waals surface area contributed by atoms with Gasteiger partial charge in [0.25, 0.3) is 0 Å². The number of hydrogen-bond acceptors (Lipinski definition) is 7. The highest BCUT2D eigenvalue weighted by atomic mass is 16.6. The average molecular weight is 388 g/mol. The molecule has 0 spiro atoms. The Labute approximate surface area is 160 Å². The second-order valence-electron chi connectivity index (χ2n) is 6.24. The van der Waals surface area contributed by atoms with Crippen LogP contribution in [-0.2, 0) is 4.74 Å². The number of ketones is 2. The van der Waals surface area contributed by atoms with Crippen molar-refractivity contribution in [1.29, 1.82) is 0 Å². The van der Waals surface area contributed by atoms with Gasteiger partial charge in [-0.05, 0) is 45.4 Å². The van der Waals surface area contributed by atoms with Gasteiger partial charge in [0, 0.05) is 17.3 Å². The van der Waals surface area contributed by atoms with Gasteiger partial charge in [0.15, 0.2) is 17.6 Å². The van der Waals surface area contributed by atoms with Crippen molar-refractivity contribution in [1.82, 2.24) is 4.98 Å². The molecule has 0 radical (unpaired) electrons. The summed E-state index contributed by atoms with van der Waals surface area (Å²) >= 11 is 0. The maximum Gasteiger partial charge on any atom is 0.338 e. The Kier molecular flexibility index (Phi) is 5.97. The molecule has 0 amide bonds. The lowest BCUT2D eigenvalue weighted by atomic mass is 10.0. The predicted octanol–water partition coefficient (Wildman–Crippen LogP) is 3.18. The zero-order valence-corrected chi connectivity index (χ0v) is 16.1. The third kappa shape index (κ3) is 3.93. The number of nitrogens with zero attached hydrogens (tertiary/aromatic N) is 1. The maximum absolute atomic E-state index is 12.7. The van der Waals surface area contributed by atoms with E-state index >= 15 is 0 Å². The molecule has 0 saturated heterocycles. The molecule has 0 bridgehead atoms. The molecule has 2 aromatic rings. The van der Waals surface area contributed by atoms with E-state index in [-0.39, 0.29) is 22.8 Å². The minimum absolute atomic E-state index is 0.0116. The molecule has 0 aliphatic carbocycles. The molecule has 1 N–H and O–H groups in total. The van der Waals surface area contributed by atoms with Crippen LogP contribution in [0, 0.1) is 24.0 Å². The van der Waals surface area contributed by atoms with Gasteiger partial charge in [0.2, 0.25) is 5.78 Å². The van der Waals surface area contributed by atoms with E-state index in [9.17, 15) is 24.5 Å². The van der Waals surface area contributed by atoms with Crippen LogP contribution >= 0.6 is 0 Å². The van der Waals surface area contributed by atoms with Crippen LogP contribution in [0.3, 0.4) is 0 Å². The first-order chi connectivity index (χ1) is 13.1. The highest BCUT2D eigenvalue weighted by molar-refractivity contribution is 6.04. The molecule has 1 aromatic heterocycles. The summed E-state index contributed by atoms with van der Waals surface area (Å²) in [5.41, 5.74) is 1.23. The minimum Gasteiger partial charge on any atom is -0.475 e. The normalized spacial score (nSPS) is 11.6. The van der Waals surface area contributed by atoms with Crippen molar-refractivity contribution >= 4 is 23.2 Å². The number of nitrogens with one attached hydrogen (secondary N) is 1. The van der Waals surface area contributed by atoms with E-state index in [4.69, 9.17) is 4.74 Å². The lowest BCUT2D eigenvalue weighted by Crippen LogP contribution is -2.25. The topological polar surface area (TPSA) is 129 Å². The molecule has 148 valence electrons. The molecular weight excluding hydrogens is 368 g/mol. The van der Waals surface area contributed by atoms with Gasteiger partial charge >= 0.3 is 11.7 Å². The van der Waals surface area contributed by atoms with E-state index in [1.165, 1.54) is 26.0 Å². The average Bonchev–Trinajstić information content (AvgIpc) is 2.94. The van der Waals surface area contributed by atoms with Crippen LogP contribution in [-0.4, -0.2) is 40.7 Å². The Hall–Kier alpha value is -3.49. The maximum atomic E-state index is 12.7. The van der Waals surface area contributed by atoms with Gasteiger partial charge in [-0.2, -0.15) is 0 Å². The van der Waals surface area contributed by atoms with Crippen LogP contribution in [0.5, 0.6) is 5.75 Å². The molecule has 9 heteroatoms. The SMILES string of the molecule is COC(=O)c1ccc(O[C@@H](C)C(=O)c2[nH]c(C)c(C(C)=O)c2C)c([N+](=O)[O-])c1. The van der Waals surface area contributed by atoms with Crippen LogP contribution in [0.15, 0.2) is 18.2 Å². The number of aromatic nitrogens is 1. The van der Waals surface area contributed by atoms with Crippen molar-refractivity contribution in [3.63, 3.8) is 0 Å². The van der Waals surface area contributed by atoms with Crippen LogP contribution in [0.4, 0.5) is 5.69 Å². The molecular formula is C19H20N2O7. The number of rotatable bonds is 7. The van der Waals surface area contributed by atoms with Crippen LogP contribution < -0.4 is 4.74 Å². The molecule has 0 aliphatic heterocycles. The van der Waals surface area contributed by atoms with E-state index in [1.54, 1.807) is 13.8 Å². The van der Waals surface area contributed by atoms with Crippen molar-refractivity contribution < 1.29 is 28.8 Å². The molecule has 1 heterocycles. The number of aryl methyl sites for hydroxylation is 1. The van der Waals surface area contributed by atoms with Gasteiger partial charge in [-0.3, -0.25) is 19.7 Å². The van der Waals surface area contributed by atoms with Crippen molar-refractivity contribution in [2.75, 3.05) is 7.11 Å². The Balaban J connectivity index is 2.34. The Morgan fingerprint density at radius 1 is 1.21 bits per heavy atom. The highest BCUT2D eigenvalue weighted by Crippen LogP contribution is 2.30. The molecule has 2 rings (SSSR count). The summed E-state index contributed by atoms with van der Waals surface area (Å²) in [5.74, 6) is -1.52. The van der Waals surface area contributed by atoms with Gasteiger partial charge < -0.3 is 14.5 Å². The van der Waals surface area contributed by atoms with Gasteiger partial charge in [-0.1, -0.05) is 0 Å². The summed E-state index contributed by atoms with van der Waals surface area (Å²) in [7, 11) is 1.16. The first-order valence-electron chi connectivity index (χ1n) is 8.36. The van der Waals surface area contributed by atoms with E-state index in [0.717, 1.165) is 13.2 Å². The highest BCUT2D eigenvalue weighted by Gasteiger charge is 2.27. The number of nitro benzene ring substituents is 1. The third-order valence-electron chi connectivity index (χ3n) is 4.29. The molecule has 1 aromatic carbocycles. The van der Waals surface area contributed by atoms with E-state index in [0.29, 0.717) is 16.8 Å². The standard InChI is InChI=1S/C19H20N2O7/c1-9-16(11(3)22)10(2)20-17(9)18(23)12(4)28-15-7-6-13(19(24)27-5)8-14(15)21(25)26/h6-8,12,20H,1-5H3/t12-/m0/s1. The summed E-state index contributed by atoms with van der Waals surface area (Å²) < 4.78 is 10.1. The number of Topliss-reactive ketones (excluding diaryl/α,β-unsaturated/α-hetero) is 2. The molecule has 0 fully saturated rings. The fourth-order valence-corrected chi connectivity index (χ4v) is 2.98. The van der Waals surface area contributed by atoms with Gasteiger partial charge in [-0.15, -0.1) is 0 Å². The molecule has 28 heavy (non-hydrogen) atoms. The molecule has 0 unspecified atom stereocenters. The zero-order valence-electron chi connectivity index (χ0n) is 16.1. The van der Waals surface area contributed by atoms with Gasteiger partial charge in [0.1, 0.15) is 0 Å². The third-order valence-corrected chi connectivity index (χ3v) is 4.29. The number of hydrogen-bond donors (Lipinski definition) is 1. The largest absolute Gasteiger partial charge is 0.475 e. The molecule has 9 nitrogen and oxygen atoms in total. The number of carbonyl (C=O) groups excluding carboxylic acids is 3. The Bertz CT molecular complexity index is 975. The number of nitro groups is 1. The number of carbonyl (C=O) groups is 3. The van der Waals surface area contributed by atoms with E-state index < -0.39 is 28.5 Å². The lowest BCUT2D eigenvalue weighted by molar-refractivity contribution is -0.386.